The van der Waals surface area contributed by atoms with Gasteiger partial charge < -0.3 is 0 Å². The summed E-state index contributed by atoms with van der Waals surface area (Å²) in [6.07, 6.45) is 7.18. The van der Waals surface area contributed by atoms with Crippen LogP contribution in [-0.4, -0.2) is 29.9 Å². The van der Waals surface area contributed by atoms with Crippen molar-refractivity contribution in [2.24, 2.45) is 0 Å². The lowest BCUT2D eigenvalue weighted by Crippen LogP contribution is -2.10. The maximum absolute atomic E-state index is 6.85. The van der Waals surface area contributed by atoms with E-state index in [0.29, 0.717) is 0 Å². The lowest BCUT2D eigenvalue weighted by atomic mass is 9.86. The molecule has 0 bridgehead atoms. The molecule has 0 unspecified atom stereocenters. The minimum Gasteiger partial charge on any atom is -0.255 e. The van der Waals surface area contributed by atoms with Crippen LogP contribution in [0.15, 0.2) is 260 Å². The Hall–Kier alpha value is -9.85. The van der Waals surface area contributed by atoms with Crippen LogP contribution in [0.1, 0.15) is 26.3 Å². The molecule has 0 N–H and O–H groups in total. The van der Waals surface area contributed by atoms with Gasteiger partial charge in [0, 0.05) is 30.4 Å². The van der Waals surface area contributed by atoms with E-state index in [2.05, 4.69) is 198 Å². The molecule has 0 saturated heterocycles. The van der Waals surface area contributed by atoms with E-state index >= 15 is 0 Å². The SMILES string of the molecule is CC(C)(C)c1ccc(-c2cc(-c3ccc(-c4ccc(-c5cc(-c6ccccn6)nc(-c6ccccn6)c5)cc4)cc3)[o+]c(-c3ccc(-c4ccc(-c5cc(-c6ccccn6)nc(-c6ccccn6)c5)cc4)cc3)c2)cc1. The van der Waals surface area contributed by atoms with Crippen LogP contribution in [0.3, 0.4) is 0 Å². The highest BCUT2D eigenvalue weighted by Gasteiger charge is 2.22. The highest BCUT2D eigenvalue weighted by molar-refractivity contribution is 5.81. The monoisotopic (exact) mass is 979 g/mol. The lowest BCUT2D eigenvalue weighted by molar-refractivity contribution is 0.582. The van der Waals surface area contributed by atoms with E-state index in [9.17, 15) is 0 Å². The summed E-state index contributed by atoms with van der Waals surface area (Å²) in [5.74, 6) is 1.57. The van der Waals surface area contributed by atoms with Crippen molar-refractivity contribution in [3.63, 3.8) is 0 Å². The summed E-state index contributed by atoms with van der Waals surface area (Å²) >= 11 is 0. The van der Waals surface area contributed by atoms with Crippen molar-refractivity contribution in [1.29, 1.82) is 0 Å². The van der Waals surface area contributed by atoms with E-state index in [1.54, 1.807) is 24.8 Å². The van der Waals surface area contributed by atoms with Gasteiger partial charge in [-0.1, -0.05) is 142 Å². The van der Waals surface area contributed by atoms with Crippen LogP contribution in [0.2, 0.25) is 0 Å². The Morgan fingerprint density at radius 2 is 0.500 bits per heavy atom. The van der Waals surface area contributed by atoms with Crippen molar-refractivity contribution in [3.05, 3.63) is 261 Å². The van der Waals surface area contributed by atoms with Gasteiger partial charge in [-0.05, 0) is 158 Å². The smallest absolute Gasteiger partial charge is 0.255 e. The number of aromatic nitrogens is 6. The Morgan fingerprint density at radius 3 is 0.763 bits per heavy atom. The molecule has 12 rings (SSSR count). The van der Waals surface area contributed by atoms with Crippen molar-refractivity contribution < 1.29 is 4.42 Å². The number of rotatable bonds is 11. The molecule has 0 spiro atoms. The zero-order valence-electron chi connectivity index (χ0n) is 42.3. The summed E-state index contributed by atoms with van der Waals surface area (Å²) in [7, 11) is 0. The maximum atomic E-state index is 6.85. The first-order valence-corrected chi connectivity index (χ1v) is 25.5. The first-order valence-electron chi connectivity index (χ1n) is 25.5. The second-order valence-corrected chi connectivity index (χ2v) is 19.8. The maximum Gasteiger partial charge on any atom is 0.361 e. The first kappa shape index (κ1) is 47.2. The van der Waals surface area contributed by atoms with Crippen molar-refractivity contribution in [1.82, 2.24) is 29.9 Å². The standard InChI is InChI=1S/C69H51N6O/c1-69(2,3)58-34-32-52(33-35-58)57-44-67(53-28-24-48(25-29-53)46-16-20-50(21-17-46)55-40-63(59-12-4-8-36-70-59)74-64(41-55)60-13-5-9-37-71-60)76-68(45-57)54-30-26-49(27-31-54)47-18-22-51(23-19-47)56-42-65(61-14-6-10-38-72-61)75-66(43-56)62-15-7-11-39-73-62/h4-45H,1-3H3/q+1. The van der Waals surface area contributed by atoms with E-state index < -0.39 is 0 Å². The highest BCUT2D eigenvalue weighted by atomic mass is 16.3. The molecule has 0 aliphatic heterocycles. The molecule has 0 amide bonds. The molecular formula is C69H51N6O+. The lowest BCUT2D eigenvalue weighted by Gasteiger charge is -2.19. The van der Waals surface area contributed by atoms with Gasteiger partial charge >= 0.3 is 11.5 Å². The van der Waals surface area contributed by atoms with Gasteiger partial charge in [-0.15, -0.1) is 0 Å². The highest BCUT2D eigenvalue weighted by Crippen LogP contribution is 2.38. The molecule has 5 aromatic carbocycles. The van der Waals surface area contributed by atoms with Crippen LogP contribution in [0.5, 0.6) is 0 Å². The Labute approximate surface area is 443 Å². The second-order valence-electron chi connectivity index (χ2n) is 19.8. The van der Waals surface area contributed by atoms with Crippen LogP contribution in [0, 0.1) is 0 Å². The topological polar surface area (TPSA) is 88.6 Å². The Morgan fingerprint density at radius 1 is 0.250 bits per heavy atom. The molecular weight excluding hydrogens is 929 g/mol. The van der Waals surface area contributed by atoms with Gasteiger partial charge in [-0.3, -0.25) is 19.9 Å². The zero-order chi connectivity index (χ0) is 51.4. The molecule has 7 aromatic heterocycles. The zero-order valence-corrected chi connectivity index (χ0v) is 42.3. The van der Waals surface area contributed by atoms with Crippen LogP contribution in [-0.2, 0) is 5.41 Å². The van der Waals surface area contributed by atoms with Crippen molar-refractivity contribution in [2.45, 2.75) is 26.2 Å². The van der Waals surface area contributed by atoms with Crippen molar-refractivity contribution in [2.75, 3.05) is 0 Å². The second kappa shape index (κ2) is 20.6. The molecule has 7 nitrogen and oxygen atoms in total. The summed E-state index contributed by atoms with van der Waals surface area (Å²) in [4.78, 5) is 28.3. The molecule has 362 valence electrons. The minimum absolute atomic E-state index is 0.0452. The summed E-state index contributed by atoms with van der Waals surface area (Å²) in [5, 5.41) is 0. The van der Waals surface area contributed by atoms with Gasteiger partial charge in [-0.25, -0.2) is 14.4 Å². The van der Waals surface area contributed by atoms with Crippen LogP contribution in [0.4, 0.5) is 0 Å². The van der Waals surface area contributed by atoms with Crippen LogP contribution < -0.4 is 0 Å². The van der Waals surface area contributed by atoms with Gasteiger partial charge in [0.05, 0.1) is 68.8 Å². The summed E-state index contributed by atoms with van der Waals surface area (Å²) in [6.45, 7) is 6.74. The predicted molar refractivity (Wildman–Crippen MR) is 308 cm³/mol. The summed E-state index contributed by atoms with van der Waals surface area (Å²) < 4.78 is 6.85. The molecule has 0 atom stereocenters. The number of hydrogen-bond acceptors (Lipinski definition) is 6. The molecule has 0 aliphatic carbocycles. The third-order valence-electron chi connectivity index (χ3n) is 13.7. The Balaban J connectivity index is 0.831. The molecule has 7 heterocycles. The summed E-state index contributed by atoms with van der Waals surface area (Å²) in [5.41, 5.74) is 20.6. The Kier molecular flexibility index (Phi) is 12.8. The molecule has 76 heavy (non-hydrogen) atoms. The fraction of sp³-hybridized carbons (Fsp3) is 0.0580. The predicted octanol–water partition coefficient (Wildman–Crippen LogP) is 17.6. The molecule has 12 aromatic rings. The largest absolute Gasteiger partial charge is 0.361 e. The van der Waals surface area contributed by atoms with Crippen molar-refractivity contribution >= 4 is 0 Å². The Bertz CT molecular complexity index is 3590. The van der Waals surface area contributed by atoms with Gasteiger partial charge in [0.25, 0.3) is 0 Å². The van der Waals surface area contributed by atoms with Gasteiger partial charge in [0.2, 0.25) is 0 Å². The average Bonchev–Trinajstić information content (AvgIpc) is 3.49. The average molecular weight is 980 g/mol. The molecule has 0 aliphatic rings. The molecule has 0 radical (unpaired) electrons. The van der Waals surface area contributed by atoms with Gasteiger partial charge in [-0.2, -0.15) is 0 Å². The number of pyridine rings is 6. The fourth-order valence-electron chi connectivity index (χ4n) is 9.46. The van der Waals surface area contributed by atoms with E-state index in [-0.39, 0.29) is 5.41 Å². The number of benzene rings is 5. The minimum atomic E-state index is 0.0452. The van der Waals surface area contributed by atoms with Crippen LogP contribution in [0.25, 0.3) is 124 Å². The van der Waals surface area contributed by atoms with Gasteiger partial charge in [0.15, 0.2) is 0 Å². The van der Waals surface area contributed by atoms with Gasteiger partial charge in [0.1, 0.15) is 0 Å². The third kappa shape index (κ3) is 10.2. The number of nitrogens with zero attached hydrogens (tertiary/aromatic N) is 6. The van der Waals surface area contributed by atoms with E-state index in [1.165, 1.54) is 5.56 Å². The first-order chi connectivity index (χ1) is 37.2. The summed E-state index contributed by atoms with van der Waals surface area (Å²) in [6, 6.07) is 79.8. The third-order valence-corrected chi connectivity index (χ3v) is 13.7. The van der Waals surface area contributed by atoms with E-state index in [4.69, 9.17) is 14.4 Å². The molecule has 0 fully saturated rings. The fourth-order valence-corrected chi connectivity index (χ4v) is 9.46. The molecule has 7 heteroatoms. The van der Waals surface area contributed by atoms with E-state index in [1.807, 2.05) is 72.8 Å². The number of hydrogen-bond donors (Lipinski definition) is 0. The quantitative estimate of drug-likeness (QED) is 0.119. The van der Waals surface area contributed by atoms with E-state index in [0.717, 1.165) is 124 Å². The molecule has 0 saturated carbocycles. The van der Waals surface area contributed by atoms with Crippen LogP contribution >= 0.6 is 0 Å². The van der Waals surface area contributed by atoms with Crippen molar-refractivity contribution in [3.8, 4) is 124 Å². The normalized spacial score (nSPS) is 11.4.